The Morgan fingerprint density at radius 2 is 1.91 bits per heavy atom. The minimum atomic E-state index is -0.521. The SMILES string of the molecule is Cl.O[C@H]1[C@@H]2CCN[C@@H](C2)[C@H]1O. The number of aliphatic hydroxyl groups excluding tert-OH is 2. The van der Waals surface area contributed by atoms with Crippen LogP contribution in [-0.2, 0) is 0 Å². The van der Waals surface area contributed by atoms with Crippen molar-refractivity contribution in [1.29, 1.82) is 0 Å². The maximum Gasteiger partial charge on any atom is 0.0954 e. The van der Waals surface area contributed by atoms with Crippen molar-refractivity contribution in [3.8, 4) is 0 Å². The number of nitrogens with one attached hydrogen (secondary N) is 1. The average molecular weight is 180 g/mol. The lowest BCUT2D eigenvalue weighted by Gasteiger charge is -2.19. The first kappa shape index (κ1) is 9.26. The highest BCUT2D eigenvalue weighted by Gasteiger charge is 2.43. The zero-order chi connectivity index (χ0) is 7.14. The number of fused-ring (bicyclic) bond motifs is 2. The summed E-state index contributed by atoms with van der Waals surface area (Å²) in [6.07, 6.45) is 0.962. The van der Waals surface area contributed by atoms with Crippen molar-refractivity contribution in [2.75, 3.05) is 6.54 Å². The van der Waals surface area contributed by atoms with Gasteiger partial charge in [-0.1, -0.05) is 0 Å². The lowest BCUT2D eigenvalue weighted by molar-refractivity contribution is 0.0183. The van der Waals surface area contributed by atoms with Crippen LogP contribution in [0.1, 0.15) is 12.8 Å². The largest absolute Gasteiger partial charge is 0.390 e. The molecule has 2 rings (SSSR count). The van der Waals surface area contributed by atoms with Crippen LogP contribution in [0, 0.1) is 5.92 Å². The Bertz CT molecular complexity index is 126. The van der Waals surface area contributed by atoms with Crippen LogP contribution >= 0.6 is 12.4 Å². The maximum absolute atomic E-state index is 9.38. The van der Waals surface area contributed by atoms with Crippen LogP contribution < -0.4 is 5.32 Å². The van der Waals surface area contributed by atoms with Crippen molar-refractivity contribution in [3.63, 3.8) is 0 Å². The number of piperidine rings is 1. The minimum absolute atomic E-state index is 0. The maximum atomic E-state index is 9.38. The second-order valence-electron chi connectivity index (χ2n) is 3.33. The van der Waals surface area contributed by atoms with Gasteiger partial charge in [0.2, 0.25) is 0 Å². The van der Waals surface area contributed by atoms with E-state index in [0.717, 1.165) is 19.4 Å². The van der Waals surface area contributed by atoms with Crippen molar-refractivity contribution < 1.29 is 10.2 Å². The smallest absolute Gasteiger partial charge is 0.0954 e. The number of aliphatic hydroxyl groups is 2. The molecule has 2 aliphatic rings. The molecule has 1 saturated heterocycles. The number of hydrogen-bond donors (Lipinski definition) is 3. The van der Waals surface area contributed by atoms with E-state index in [-0.39, 0.29) is 18.4 Å². The summed E-state index contributed by atoms with van der Waals surface area (Å²) in [5.41, 5.74) is 0. The molecule has 0 aromatic rings. The van der Waals surface area contributed by atoms with E-state index in [0.29, 0.717) is 5.92 Å². The number of rotatable bonds is 0. The van der Waals surface area contributed by atoms with Gasteiger partial charge in [0.25, 0.3) is 0 Å². The molecule has 2 bridgehead atoms. The molecule has 3 nitrogen and oxygen atoms in total. The fraction of sp³-hybridized carbons (Fsp3) is 1.00. The van der Waals surface area contributed by atoms with Gasteiger partial charge in [-0.15, -0.1) is 12.4 Å². The van der Waals surface area contributed by atoms with Gasteiger partial charge in [-0.2, -0.15) is 0 Å². The van der Waals surface area contributed by atoms with Crippen LogP contribution in [-0.4, -0.2) is 35.0 Å². The van der Waals surface area contributed by atoms with Crippen LogP contribution in [0.2, 0.25) is 0 Å². The van der Waals surface area contributed by atoms with Crippen molar-refractivity contribution in [2.45, 2.75) is 31.1 Å². The molecule has 0 spiro atoms. The molecule has 4 atom stereocenters. The van der Waals surface area contributed by atoms with E-state index in [4.69, 9.17) is 0 Å². The van der Waals surface area contributed by atoms with Gasteiger partial charge in [-0.3, -0.25) is 0 Å². The molecule has 11 heavy (non-hydrogen) atoms. The first-order valence-corrected chi connectivity index (χ1v) is 3.88. The Morgan fingerprint density at radius 1 is 1.18 bits per heavy atom. The first-order valence-electron chi connectivity index (χ1n) is 3.88. The monoisotopic (exact) mass is 179 g/mol. The van der Waals surface area contributed by atoms with Gasteiger partial charge in [0.05, 0.1) is 12.2 Å². The van der Waals surface area contributed by atoms with Gasteiger partial charge in [0.1, 0.15) is 0 Å². The number of hydrogen-bond acceptors (Lipinski definition) is 3. The van der Waals surface area contributed by atoms with Crippen molar-refractivity contribution in [3.05, 3.63) is 0 Å². The van der Waals surface area contributed by atoms with Gasteiger partial charge < -0.3 is 15.5 Å². The molecule has 0 amide bonds. The molecule has 0 unspecified atom stereocenters. The highest BCUT2D eigenvalue weighted by Crippen LogP contribution is 2.31. The summed E-state index contributed by atoms with van der Waals surface area (Å²) in [5.74, 6) is 0.348. The van der Waals surface area contributed by atoms with Gasteiger partial charge in [-0.05, 0) is 25.3 Å². The van der Waals surface area contributed by atoms with Gasteiger partial charge in [0.15, 0.2) is 0 Å². The average Bonchev–Trinajstić information content (AvgIpc) is 2.17. The predicted molar refractivity (Wildman–Crippen MR) is 43.8 cm³/mol. The number of halogens is 1. The minimum Gasteiger partial charge on any atom is -0.390 e. The molecule has 1 saturated carbocycles. The lowest BCUT2D eigenvalue weighted by Crippen LogP contribution is -2.39. The van der Waals surface area contributed by atoms with Crippen LogP contribution in [0.5, 0.6) is 0 Å². The molecular weight excluding hydrogens is 166 g/mol. The summed E-state index contributed by atoms with van der Waals surface area (Å²) in [6.45, 7) is 0.948. The first-order chi connectivity index (χ1) is 4.79. The summed E-state index contributed by atoms with van der Waals surface area (Å²) < 4.78 is 0. The fourth-order valence-corrected chi connectivity index (χ4v) is 2.07. The second-order valence-corrected chi connectivity index (χ2v) is 3.33. The third kappa shape index (κ3) is 1.38. The third-order valence-electron chi connectivity index (χ3n) is 2.72. The summed E-state index contributed by atoms with van der Waals surface area (Å²) in [4.78, 5) is 0. The van der Waals surface area contributed by atoms with Gasteiger partial charge >= 0.3 is 0 Å². The Kier molecular flexibility index (Phi) is 2.75. The molecule has 1 heterocycles. The van der Waals surface area contributed by atoms with Crippen molar-refractivity contribution in [1.82, 2.24) is 5.32 Å². The lowest BCUT2D eigenvalue weighted by atomic mass is 9.99. The Hall–Kier alpha value is 0.170. The molecule has 1 aliphatic carbocycles. The molecule has 66 valence electrons. The highest BCUT2D eigenvalue weighted by molar-refractivity contribution is 5.85. The molecule has 1 aliphatic heterocycles. The van der Waals surface area contributed by atoms with Crippen LogP contribution in [0.25, 0.3) is 0 Å². The molecule has 4 heteroatoms. The van der Waals surface area contributed by atoms with E-state index >= 15 is 0 Å². The molecular formula is C7H14ClNO2. The zero-order valence-corrected chi connectivity index (χ0v) is 7.05. The predicted octanol–water partition coefficient (Wildman–Crippen LogP) is -0.488. The second kappa shape index (κ2) is 3.27. The van der Waals surface area contributed by atoms with E-state index in [1.807, 2.05) is 0 Å². The quantitative estimate of drug-likeness (QED) is 0.471. The third-order valence-corrected chi connectivity index (χ3v) is 2.72. The molecule has 2 fully saturated rings. The standard InChI is InChI=1S/C7H13NO2.ClH/c9-6-4-1-2-8-5(3-4)7(6)10;/h4-10H,1-3H2;1H/t4-,5+,6+,7-;/m1./s1. The Morgan fingerprint density at radius 3 is 2.45 bits per heavy atom. The van der Waals surface area contributed by atoms with Crippen LogP contribution in [0.3, 0.4) is 0 Å². The zero-order valence-electron chi connectivity index (χ0n) is 6.23. The topological polar surface area (TPSA) is 52.5 Å². The van der Waals surface area contributed by atoms with E-state index in [2.05, 4.69) is 5.32 Å². The van der Waals surface area contributed by atoms with E-state index in [1.54, 1.807) is 0 Å². The Balaban J connectivity index is 0.000000605. The summed E-state index contributed by atoms with van der Waals surface area (Å²) in [5, 5.41) is 21.9. The summed E-state index contributed by atoms with van der Waals surface area (Å²) in [6, 6.07) is 0.161. The molecule has 0 radical (unpaired) electrons. The van der Waals surface area contributed by atoms with E-state index < -0.39 is 12.2 Å². The molecule has 3 N–H and O–H groups in total. The molecule has 0 aromatic heterocycles. The Labute approximate surface area is 72.2 Å². The van der Waals surface area contributed by atoms with Gasteiger partial charge in [-0.25, -0.2) is 0 Å². The van der Waals surface area contributed by atoms with Gasteiger partial charge in [0, 0.05) is 6.04 Å². The normalized spacial score (nSPS) is 48.5. The summed E-state index contributed by atoms with van der Waals surface area (Å²) in [7, 11) is 0. The highest BCUT2D eigenvalue weighted by atomic mass is 35.5. The van der Waals surface area contributed by atoms with E-state index in [9.17, 15) is 10.2 Å². The van der Waals surface area contributed by atoms with Crippen LogP contribution in [0.4, 0.5) is 0 Å². The van der Waals surface area contributed by atoms with E-state index in [1.165, 1.54) is 0 Å². The van der Waals surface area contributed by atoms with Crippen LogP contribution in [0.15, 0.2) is 0 Å². The summed E-state index contributed by atoms with van der Waals surface area (Å²) >= 11 is 0. The van der Waals surface area contributed by atoms with Crippen molar-refractivity contribution >= 4 is 12.4 Å². The molecule has 0 aromatic carbocycles. The van der Waals surface area contributed by atoms with Crippen molar-refractivity contribution in [2.24, 2.45) is 5.92 Å². The fourth-order valence-electron chi connectivity index (χ4n) is 2.07.